The van der Waals surface area contributed by atoms with Gasteiger partial charge in [-0.3, -0.25) is 0 Å². The normalized spacial score (nSPS) is 11.8. The number of hydrogen-bond acceptors (Lipinski definition) is 3. The van der Waals surface area contributed by atoms with E-state index >= 15 is 0 Å². The first-order valence-electron chi connectivity index (χ1n) is 7.63. The number of fused-ring (bicyclic) bond motifs is 1. The van der Waals surface area contributed by atoms with Crippen LogP contribution in [-0.2, 0) is 12.7 Å². The van der Waals surface area contributed by atoms with Gasteiger partial charge in [0.25, 0.3) is 0 Å². The van der Waals surface area contributed by atoms with Gasteiger partial charge in [0.2, 0.25) is 0 Å². The van der Waals surface area contributed by atoms with Crippen LogP contribution in [0.1, 0.15) is 22.3 Å². The van der Waals surface area contributed by atoms with E-state index in [1.807, 2.05) is 32.0 Å². The fourth-order valence-corrected chi connectivity index (χ4v) is 2.71. The molecule has 0 aliphatic heterocycles. The maximum atomic E-state index is 13.0. The van der Waals surface area contributed by atoms with Crippen molar-refractivity contribution in [2.75, 3.05) is 0 Å². The summed E-state index contributed by atoms with van der Waals surface area (Å²) in [5.41, 5.74) is 2.00. The van der Waals surface area contributed by atoms with Gasteiger partial charge in [0.05, 0.1) is 10.6 Å². The summed E-state index contributed by atoms with van der Waals surface area (Å²) in [4.78, 5) is 12.3. The summed E-state index contributed by atoms with van der Waals surface area (Å²) >= 11 is 5.84. The summed E-state index contributed by atoms with van der Waals surface area (Å²) in [7, 11) is 0. The van der Waals surface area contributed by atoms with Crippen LogP contribution in [0.4, 0.5) is 18.0 Å². The molecule has 0 bridgehead atoms. The summed E-state index contributed by atoms with van der Waals surface area (Å²) < 4.78 is 39.7. The molecule has 0 saturated heterocycles. The molecule has 136 valence electrons. The molecule has 5 nitrogen and oxygen atoms in total. The summed E-state index contributed by atoms with van der Waals surface area (Å²) in [5, 5.41) is 9.72. The van der Waals surface area contributed by atoms with Crippen molar-refractivity contribution in [3.05, 3.63) is 57.6 Å². The minimum absolute atomic E-state index is 0.0287. The van der Waals surface area contributed by atoms with Crippen LogP contribution in [0.3, 0.4) is 0 Å². The Morgan fingerprint density at radius 2 is 1.92 bits per heavy atom. The number of aromatic nitrogens is 3. The fraction of sp³-hybridized carbons (Fsp3) is 0.235. The largest absolute Gasteiger partial charge is 0.416 e. The van der Waals surface area contributed by atoms with Gasteiger partial charge in [-0.25, -0.2) is 4.79 Å². The zero-order valence-corrected chi connectivity index (χ0v) is 14.6. The third-order valence-corrected chi connectivity index (χ3v) is 4.33. The highest BCUT2D eigenvalue weighted by molar-refractivity contribution is 6.35. The van der Waals surface area contributed by atoms with Crippen molar-refractivity contribution in [1.82, 2.24) is 20.3 Å². The van der Waals surface area contributed by atoms with E-state index in [1.165, 1.54) is 0 Å². The van der Waals surface area contributed by atoms with Crippen LogP contribution in [0.25, 0.3) is 11.0 Å². The molecule has 1 amide bonds. The van der Waals surface area contributed by atoms with E-state index in [0.29, 0.717) is 0 Å². The van der Waals surface area contributed by atoms with Crippen molar-refractivity contribution in [3.8, 4) is 0 Å². The van der Waals surface area contributed by atoms with E-state index < -0.39 is 17.8 Å². The molecule has 0 aliphatic rings. The van der Waals surface area contributed by atoms with Gasteiger partial charge >= 0.3 is 12.2 Å². The highest BCUT2D eigenvalue weighted by Gasteiger charge is 2.32. The Morgan fingerprint density at radius 1 is 1.19 bits per heavy atom. The Hall–Kier alpha value is -2.61. The molecule has 1 N–H and O–H groups in total. The van der Waals surface area contributed by atoms with Crippen molar-refractivity contribution in [2.24, 2.45) is 0 Å². The van der Waals surface area contributed by atoms with Crippen molar-refractivity contribution in [2.45, 2.75) is 26.6 Å². The van der Waals surface area contributed by atoms with Gasteiger partial charge in [-0.1, -0.05) is 35.0 Å². The lowest BCUT2D eigenvalue weighted by atomic mass is 10.1. The van der Waals surface area contributed by atoms with E-state index in [-0.39, 0.29) is 22.6 Å². The summed E-state index contributed by atoms with van der Waals surface area (Å²) in [6, 6.07) is 6.58. The van der Waals surface area contributed by atoms with Gasteiger partial charge in [0.1, 0.15) is 11.0 Å². The van der Waals surface area contributed by atoms with Crippen LogP contribution in [0.5, 0.6) is 0 Å². The highest BCUT2D eigenvalue weighted by Crippen LogP contribution is 2.34. The van der Waals surface area contributed by atoms with Crippen molar-refractivity contribution < 1.29 is 18.0 Å². The first-order valence-corrected chi connectivity index (χ1v) is 8.01. The molecule has 0 unspecified atom stereocenters. The Labute approximate surface area is 151 Å². The smallest absolute Gasteiger partial charge is 0.332 e. The maximum Gasteiger partial charge on any atom is 0.416 e. The Balaban J connectivity index is 1.88. The predicted octanol–water partition coefficient (Wildman–Crippen LogP) is 4.48. The molecule has 0 fully saturated rings. The van der Waals surface area contributed by atoms with E-state index in [2.05, 4.69) is 15.6 Å². The minimum Gasteiger partial charge on any atom is -0.332 e. The van der Waals surface area contributed by atoms with Crippen molar-refractivity contribution in [3.63, 3.8) is 0 Å². The van der Waals surface area contributed by atoms with Crippen LogP contribution >= 0.6 is 11.6 Å². The zero-order chi connectivity index (χ0) is 19.1. The van der Waals surface area contributed by atoms with Gasteiger partial charge in [0, 0.05) is 6.54 Å². The number of nitrogens with one attached hydrogen (secondary N) is 1. The lowest BCUT2D eigenvalue weighted by Crippen LogP contribution is -2.29. The number of benzene rings is 2. The molecule has 0 radical (unpaired) electrons. The topological polar surface area (TPSA) is 59.8 Å². The van der Waals surface area contributed by atoms with Gasteiger partial charge in [0.15, 0.2) is 0 Å². The molecule has 1 heterocycles. The maximum absolute atomic E-state index is 13.0. The van der Waals surface area contributed by atoms with E-state index in [0.717, 1.165) is 33.5 Å². The second kappa shape index (κ2) is 6.60. The van der Waals surface area contributed by atoms with Gasteiger partial charge in [-0.2, -0.15) is 17.9 Å². The van der Waals surface area contributed by atoms with Gasteiger partial charge in [-0.05, 0) is 42.7 Å². The third-order valence-electron chi connectivity index (χ3n) is 4.04. The molecule has 0 spiro atoms. The van der Waals surface area contributed by atoms with Crippen LogP contribution < -0.4 is 5.32 Å². The van der Waals surface area contributed by atoms with Crippen LogP contribution in [0, 0.1) is 13.8 Å². The van der Waals surface area contributed by atoms with E-state index in [1.54, 1.807) is 0 Å². The first-order chi connectivity index (χ1) is 12.2. The minimum atomic E-state index is -4.59. The van der Waals surface area contributed by atoms with Crippen LogP contribution in [0.15, 0.2) is 30.3 Å². The van der Waals surface area contributed by atoms with E-state index in [9.17, 15) is 18.0 Å². The summed E-state index contributed by atoms with van der Waals surface area (Å²) in [5.74, 6) is 0. The second-order valence-corrected chi connectivity index (χ2v) is 6.31. The number of nitrogens with zero attached hydrogens (tertiary/aromatic N) is 3. The number of hydrogen-bond donors (Lipinski definition) is 1. The molecule has 3 aromatic rings. The van der Waals surface area contributed by atoms with Gasteiger partial charge in [-0.15, -0.1) is 5.10 Å². The molecule has 0 atom stereocenters. The SMILES string of the molecule is Cc1ccc(CNC(=O)n2nnc3c(Cl)cc(C(F)(F)F)cc32)cc1C. The Bertz CT molecular complexity index is 998. The average Bonchev–Trinajstić information content (AvgIpc) is 2.99. The number of rotatable bonds is 2. The summed E-state index contributed by atoms with van der Waals surface area (Å²) in [6.45, 7) is 4.13. The highest BCUT2D eigenvalue weighted by atomic mass is 35.5. The Morgan fingerprint density at radius 3 is 2.58 bits per heavy atom. The van der Waals surface area contributed by atoms with Crippen LogP contribution in [-0.4, -0.2) is 21.0 Å². The molecule has 26 heavy (non-hydrogen) atoms. The monoisotopic (exact) mass is 382 g/mol. The lowest BCUT2D eigenvalue weighted by molar-refractivity contribution is -0.137. The summed E-state index contributed by atoms with van der Waals surface area (Å²) in [6.07, 6.45) is -4.59. The number of aryl methyl sites for hydroxylation is 2. The molecule has 2 aromatic carbocycles. The second-order valence-electron chi connectivity index (χ2n) is 5.90. The number of amides is 1. The average molecular weight is 383 g/mol. The standard InChI is InChI=1S/C17H14ClF3N4O/c1-9-3-4-11(5-10(9)2)8-22-16(26)25-14-7-12(17(19,20)21)6-13(18)15(14)23-24-25/h3-7H,8H2,1-2H3,(H,22,26). The number of alkyl halides is 3. The Kier molecular flexibility index (Phi) is 4.62. The molecule has 9 heteroatoms. The molecular formula is C17H14ClF3N4O. The molecular weight excluding hydrogens is 369 g/mol. The quantitative estimate of drug-likeness (QED) is 0.711. The fourth-order valence-electron chi connectivity index (χ4n) is 2.46. The molecule has 0 saturated carbocycles. The van der Waals surface area contributed by atoms with Gasteiger partial charge < -0.3 is 5.32 Å². The number of carbonyl (C=O) groups excluding carboxylic acids is 1. The zero-order valence-electron chi connectivity index (χ0n) is 13.9. The molecule has 1 aromatic heterocycles. The lowest BCUT2D eigenvalue weighted by Gasteiger charge is -2.09. The number of halogens is 4. The first kappa shape index (κ1) is 18.2. The third kappa shape index (κ3) is 3.50. The molecule has 3 rings (SSSR count). The van der Waals surface area contributed by atoms with Crippen LogP contribution in [0.2, 0.25) is 5.02 Å². The van der Waals surface area contributed by atoms with Crippen molar-refractivity contribution >= 4 is 28.7 Å². The van der Waals surface area contributed by atoms with E-state index in [4.69, 9.17) is 11.6 Å². The predicted molar refractivity (Wildman–Crippen MR) is 91.1 cm³/mol. The van der Waals surface area contributed by atoms with Crippen molar-refractivity contribution in [1.29, 1.82) is 0 Å². The molecule has 0 aliphatic carbocycles. The number of carbonyl (C=O) groups is 1.